The normalized spacial score (nSPS) is 10.6. The number of ether oxygens (including phenoxy) is 3. The van der Waals surface area contributed by atoms with Gasteiger partial charge in [0.05, 0.1) is 32.8 Å². The number of methoxy groups -OCH3 is 3. The summed E-state index contributed by atoms with van der Waals surface area (Å²) in [5.74, 6) is 4.11. The summed E-state index contributed by atoms with van der Waals surface area (Å²) in [6.45, 7) is 2.30. The van der Waals surface area contributed by atoms with Gasteiger partial charge in [-0.3, -0.25) is 4.79 Å². The molecule has 0 aliphatic carbocycles. The average molecular weight is 443 g/mol. The number of oxazole rings is 1. The predicted octanol–water partition coefficient (Wildman–Crippen LogP) is 4.23. The first kappa shape index (κ1) is 22.6. The van der Waals surface area contributed by atoms with E-state index in [0.717, 1.165) is 28.3 Å². The Morgan fingerprint density at radius 1 is 1.03 bits per heavy atom. The van der Waals surface area contributed by atoms with Crippen molar-refractivity contribution in [1.82, 2.24) is 10.3 Å². The van der Waals surface area contributed by atoms with Crippen molar-refractivity contribution in [3.8, 4) is 28.7 Å². The van der Waals surface area contributed by atoms with E-state index in [-0.39, 0.29) is 5.91 Å². The molecule has 1 amide bonds. The number of para-hydroxylation sites is 1. The van der Waals surface area contributed by atoms with E-state index < -0.39 is 0 Å². The SMILES string of the molecule is COc1ccccc1CNC(=O)CSCc1nc(-c2ccc(OC)c(OC)c2)oc1C. The molecule has 0 radical (unpaired) electrons. The molecule has 0 aliphatic heterocycles. The Morgan fingerprint density at radius 2 is 1.77 bits per heavy atom. The number of carbonyl (C=O) groups is 1. The summed E-state index contributed by atoms with van der Waals surface area (Å²) >= 11 is 1.49. The standard InChI is InChI=1S/C23H26N2O5S/c1-15-18(25-23(30-15)16-9-10-20(28-3)21(11-16)29-4)13-31-14-22(26)24-12-17-7-5-6-8-19(17)27-2/h5-11H,12-14H2,1-4H3,(H,24,26). The van der Waals surface area contributed by atoms with Crippen LogP contribution in [0.5, 0.6) is 17.2 Å². The summed E-state index contributed by atoms with van der Waals surface area (Å²) in [5, 5.41) is 2.92. The molecule has 1 heterocycles. The Morgan fingerprint density at radius 3 is 2.52 bits per heavy atom. The number of benzene rings is 2. The molecule has 8 heteroatoms. The molecule has 3 aromatic rings. The van der Waals surface area contributed by atoms with Crippen molar-refractivity contribution in [2.75, 3.05) is 27.1 Å². The molecule has 0 fully saturated rings. The molecule has 1 N–H and O–H groups in total. The van der Waals surface area contributed by atoms with Gasteiger partial charge in [0, 0.05) is 23.4 Å². The molecular formula is C23H26N2O5S. The lowest BCUT2D eigenvalue weighted by atomic mass is 10.2. The van der Waals surface area contributed by atoms with Crippen LogP contribution < -0.4 is 19.5 Å². The summed E-state index contributed by atoms with van der Waals surface area (Å²) in [7, 11) is 4.80. The molecule has 3 rings (SSSR count). The molecule has 0 aliphatic rings. The third-order valence-corrected chi connectivity index (χ3v) is 5.61. The number of hydrogen-bond acceptors (Lipinski definition) is 7. The van der Waals surface area contributed by atoms with Crippen LogP contribution in [-0.4, -0.2) is 38.0 Å². The van der Waals surface area contributed by atoms with Gasteiger partial charge in [-0.15, -0.1) is 11.8 Å². The van der Waals surface area contributed by atoms with Crippen LogP contribution in [0.2, 0.25) is 0 Å². The van der Waals surface area contributed by atoms with Gasteiger partial charge in [0.15, 0.2) is 11.5 Å². The van der Waals surface area contributed by atoms with Crippen molar-refractivity contribution in [2.24, 2.45) is 0 Å². The highest BCUT2D eigenvalue weighted by Gasteiger charge is 2.15. The predicted molar refractivity (Wildman–Crippen MR) is 121 cm³/mol. The first-order valence-corrected chi connectivity index (χ1v) is 10.9. The number of hydrogen-bond donors (Lipinski definition) is 1. The van der Waals surface area contributed by atoms with Crippen LogP contribution in [0.15, 0.2) is 46.9 Å². The lowest BCUT2D eigenvalue weighted by molar-refractivity contribution is -0.118. The molecule has 164 valence electrons. The Hall–Kier alpha value is -3.13. The number of carbonyl (C=O) groups excluding carboxylic acids is 1. The number of amides is 1. The maximum Gasteiger partial charge on any atom is 0.230 e. The minimum absolute atomic E-state index is 0.0443. The highest BCUT2D eigenvalue weighted by molar-refractivity contribution is 7.99. The molecule has 0 spiro atoms. The zero-order valence-electron chi connectivity index (χ0n) is 18.1. The van der Waals surface area contributed by atoms with Crippen LogP contribution in [0.1, 0.15) is 17.0 Å². The number of aryl methyl sites for hydroxylation is 1. The second-order valence-corrected chi connectivity index (χ2v) is 7.66. The monoisotopic (exact) mass is 442 g/mol. The molecule has 0 bridgehead atoms. The van der Waals surface area contributed by atoms with Crippen LogP contribution in [0.25, 0.3) is 11.5 Å². The topological polar surface area (TPSA) is 82.8 Å². The van der Waals surface area contributed by atoms with Gasteiger partial charge in [0.2, 0.25) is 11.8 Å². The van der Waals surface area contributed by atoms with Crippen molar-refractivity contribution >= 4 is 17.7 Å². The largest absolute Gasteiger partial charge is 0.496 e. The van der Waals surface area contributed by atoms with Crippen molar-refractivity contribution in [1.29, 1.82) is 0 Å². The van der Waals surface area contributed by atoms with Crippen LogP contribution in [0.4, 0.5) is 0 Å². The zero-order chi connectivity index (χ0) is 22.2. The van der Waals surface area contributed by atoms with E-state index in [1.54, 1.807) is 21.3 Å². The number of rotatable bonds is 10. The number of nitrogens with zero attached hydrogens (tertiary/aromatic N) is 1. The Balaban J connectivity index is 1.54. The molecule has 2 aromatic carbocycles. The van der Waals surface area contributed by atoms with Crippen LogP contribution >= 0.6 is 11.8 Å². The summed E-state index contributed by atoms with van der Waals surface area (Å²) in [4.78, 5) is 16.8. The van der Waals surface area contributed by atoms with Gasteiger partial charge in [-0.05, 0) is 31.2 Å². The van der Waals surface area contributed by atoms with E-state index in [0.29, 0.717) is 35.4 Å². The number of thioether (sulfide) groups is 1. The van der Waals surface area contributed by atoms with Crippen molar-refractivity contribution < 1.29 is 23.4 Å². The van der Waals surface area contributed by atoms with E-state index in [1.165, 1.54) is 11.8 Å². The minimum Gasteiger partial charge on any atom is -0.496 e. The third-order valence-electron chi connectivity index (χ3n) is 4.66. The van der Waals surface area contributed by atoms with Gasteiger partial charge in [0.1, 0.15) is 11.5 Å². The summed E-state index contributed by atoms with van der Waals surface area (Å²) in [6.07, 6.45) is 0. The fourth-order valence-electron chi connectivity index (χ4n) is 2.99. The third kappa shape index (κ3) is 5.73. The molecule has 0 saturated heterocycles. The van der Waals surface area contributed by atoms with E-state index in [1.807, 2.05) is 49.4 Å². The van der Waals surface area contributed by atoms with Gasteiger partial charge in [-0.25, -0.2) is 4.98 Å². The van der Waals surface area contributed by atoms with Gasteiger partial charge in [-0.2, -0.15) is 0 Å². The molecule has 0 atom stereocenters. The van der Waals surface area contributed by atoms with Crippen LogP contribution in [0, 0.1) is 6.92 Å². The summed E-state index contributed by atoms with van der Waals surface area (Å²) < 4.78 is 21.7. The van der Waals surface area contributed by atoms with Crippen LogP contribution in [0.3, 0.4) is 0 Å². The molecule has 7 nitrogen and oxygen atoms in total. The lowest BCUT2D eigenvalue weighted by Gasteiger charge is -2.09. The van der Waals surface area contributed by atoms with E-state index in [9.17, 15) is 4.79 Å². The first-order chi connectivity index (χ1) is 15.0. The zero-order valence-corrected chi connectivity index (χ0v) is 18.9. The molecule has 0 unspecified atom stereocenters. The van der Waals surface area contributed by atoms with E-state index in [2.05, 4.69) is 10.3 Å². The molecule has 0 saturated carbocycles. The minimum atomic E-state index is -0.0443. The summed E-state index contributed by atoms with van der Waals surface area (Å²) in [5.41, 5.74) is 2.55. The second-order valence-electron chi connectivity index (χ2n) is 6.67. The first-order valence-electron chi connectivity index (χ1n) is 9.70. The smallest absolute Gasteiger partial charge is 0.230 e. The van der Waals surface area contributed by atoms with E-state index in [4.69, 9.17) is 18.6 Å². The molecular weight excluding hydrogens is 416 g/mol. The fourth-order valence-corrected chi connectivity index (χ4v) is 3.84. The molecule has 31 heavy (non-hydrogen) atoms. The highest BCUT2D eigenvalue weighted by atomic mass is 32.2. The quantitative estimate of drug-likeness (QED) is 0.503. The van der Waals surface area contributed by atoms with Crippen molar-refractivity contribution in [3.05, 3.63) is 59.5 Å². The Kier molecular flexibility index (Phi) is 7.83. The van der Waals surface area contributed by atoms with Crippen molar-refractivity contribution in [2.45, 2.75) is 19.2 Å². The second kappa shape index (κ2) is 10.8. The van der Waals surface area contributed by atoms with E-state index >= 15 is 0 Å². The number of nitrogens with one attached hydrogen (secondary N) is 1. The van der Waals surface area contributed by atoms with Crippen molar-refractivity contribution in [3.63, 3.8) is 0 Å². The highest BCUT2D eigenvalue weighted by Crippen LogP contribution is 2.33. The van der Waals surface area contributed by atoms with Gasteiger partial charge in [-0.1, -0.05) is 18.2 Å². The molecule has 1 aromatic heterocycles. The average Bonchev–Trinajstić information content (AvgIpc) is 3.17. The maximum absolute atomic E-state index is 12.2. The Bertz CT molecular complexity index is 1030. The Labute approximate surface area is 186 Å². The number of aromatic nitrogens is 1. The van der Waals surface area contributed by atoms with Gasteiger partial charge < -0.3 is 23.9 Å². The van der Waals surface area contributed by atoms with Crippen LogP contribution in [-0.2, 0) is 17.1 Å². The fraction of sp³-hybridized carbons (Fsp3) is 0.304. The lowest BCUT2D eigenvalue weighted by Crippen LogP contribution is -2.24. The van der Waals surface area contributed by atoms with Gasteiger partial charge >= 0.3 is 0 Å². The summed E-state index contributed by atoms with van der Waals surface area (Å²) in [6, 6.07) is 13.1. The van der Waals surface area contributed by atoms with Gasteiger partial charge in [0.25, 0.3) is 0 Å². The maximum atomic E-state index is 12.2.